The number of anilines is 3. The van der Waals surface area contributed by atoms with Crippen molar-refractivity contribution < 1.29 is 4.79 Å². The molecule has 4 aromatic carbocycles. The molecular formula is C27H21NO. The van der Waals surface area contributed by atoms with Crippen LogP contribution < -0.4 is 4.90 Å². The van der Waals surface area contributed by atoms with Crippen molar-refractivity contribution in [2.24, 2.45) is 0 Å². The number of nitrogens with zero attached hydrogens (tertiary/aromatic N) is 1. The summed E-state index contributed by atoms with van der Waals surface area (Å²) in [5.74, 6) is 0. The van der Waals surface area contributed by atoms with Gasteiger partial charge in [-0.1, -0.05) is 72.8 Å². The van der Waals surface area contributed by atoms with E-state index in [9.17, 15) is 4.79 Å². The summed E-state index contributed by atoms with van der Waals surface area (Å²) in [7, 11) is 0. The van der Waals surface area contributed by atoms with Gasteiger partial charge in [-0.05, 0) is 59.7 Å². The van der Waals surface area contributed by atoms with E-state index < -0.39 is 0 Å². The fourth-order valence-electron chi connectivity index (χ4n) is 3.22. The van der Waals surface area contributed by atoms with Crippen LogP contribution in [0.3, 0.4) is 0 Å². The number of para-hydroxylation sites is 1. The molecule has 0 heterocycles. The lowest BCUT2D eigenvalue weighted by Gasteiger charge is -2.25. The molecule has 0 bridgehead atoms. The average Bonchev–Trinajstić information content (AvgIpc) is 2.81. The molecule has 4 rings (SSSR count). The maximum atomic E-state index is 11.0. The van der Waals surface area contributed by atoms with Gasteiger partial charge in [0.2, 0.25) is 0 Å². The van der Waals surface area contributed by atoms with E-state index in [4.69, 9.17) is 0 Å². The van der Waals surface area contributed by atoms with E-state index in [1.807, 2.05) is 60.7 Å². The Morgan fingerprint density at radius 2 is 0.862 bits per heavy atom. The zero-order valence-electron chi connectivity index (χ0n) is 16.0. The number of benzene rings is 4. The molecule has 2 nitrogen and oxygen atoms in total. The van der Waals surface area contributed by atoms with Crippen LogP contribution in [0.2, 0.25) is 0 Å². The van der Waals surface area contributed by atoms with Crippen LogP contribution in [-0.4, -0.2) is 6.29 Å². The molecule has 0 amide bonds. The van der Waals surface area contributed by atoms with E-state index in [0.29, 0.717) is 5.56 Å². The first-order chi connectivity index (χ1) is 14.3. The standard InChI is InChI=1S/C27H21NO/c29-21-24-15-19-27(20-16-24)28(25-9-5-2-6-10-25)26-17-13-23(14-18-26)12-11-22-7-3-1-4-8-22/h1-21H. The predicted molar refractivity (Wildman–Crippen MR) is 122 cm³/mol. The fourth-order valence-corrected chi connectivity index (χ4v) is 3.22. The van der Waals surface area contributed by atoms with Gasteiger partial charge in [0.1, 0.15) is 6.29 Å². The predicted octanol–water partition coefficient (Wildman–Crippen LogP) is 7.14. The maximum absolute atomic E-state index is 11.0. The highest BCUT2D eigenvalue weighted by molar-refractivity contribution is 5.81. The minimum Gasteiger partial charge on any atom is -0.311 e. The van der Waals surface area contributed by atoms with E-state index in [1.165, 1.54) is 5.56 Å². The van der Waals surface area contributed by atoms with Gasteiger partial charge in [-0.2, -0.15) is 0 Å². The zero-order chi connectivity index (χ0) is 19.9. The van der Waals surface area contributed by atoms with Crippen molar-refractivity contribution in [3.05, 3.63) is 126 Å². The average molecular weight is 375 g/mol. The molecule has 0 aliphatic heterocycles. The SMILES string of the molecule is O=Cc1ccc(N(c2ccccc2)c2ccc(C=Cc3ccccc3)cc2)cc1. The molecule has 0 fully saturated rings. The van der Waals surface area contributed by atoms with E-state index in [0.717, 1.165) is 28.9 Å². The molecule has 0 saturated heterocycles. The summed E-state index contributed by atoms with van der Waals surface area (Å²) in [4.78, 5) is 13.2. The van der Waals surface area contributed by atoms with Crippen LogP contribution in [0, 0.1) is 0 Å². The van der Waals surface area contributed by atoms with Crippen LogP contribution >= 0.6 is 0 Å². The molecule has 0 saturated carbocycles. The van der Waals surface area contributed by atoms with Gasteiger partial charge < -0.3 is 4.90 Å². The number of hydrogen-bond acceptors (Lipinski definition) is 2. The zero-order valence-corrected chi connectivity index (χ0v) is 16.0. The van der Waals surface area contributed by atoms with E-state index in [1.54, 1.807) is 0 Å². The van der Waals surface area contributed by atoms with E-state index in [-0.39, 0.29) is 0 Å². The van der Waals surface area contributed by atoms with Crippen molar-refractivity contribution in [1.29, 1.82) is 0 Å². The van der Waals surface area contributed by atoms with E-state index in [2.05, 4.69) is 65.6 Å². The Balaban J connectivity index is 1.65. The molecule has 2 heteroatoms. The molecule has 4 aromatic rings. The van der Waals surface area contributed by atoms with Gasteiger partial charge >= 0.3 is 0 Å². The lowest BCUT2D eigenvalue weighted by molar-refractivity contribution is 0.112. The molecule has 0 aliphatic rings. The summed E-state index contributed by atoms with van der Waals surface area (Å²) in [5, 5.41) is 0. The smallest absolute Gasteiger partial charge is 0.150 e. The summed E-state index contributed by atoms with van der Waals surface area (Å²) >= 11 is 0. The number of carbonyl (C=O) groups is 1. The number of aldehydes is 1. The Kier molecular flexibility index (Phi) is 5.63. The molecular weight excluding hydrogens is 354 g/mol. The first kappa shape index (κ1) is 18.5. The topological polar surface area (TPSA) is 20.3 Å². The molecule has 0 aromatic heterocycles. The minimum absolute atomic E-state index is 0.670. The van der Waals surface area contributed by atoms with Gasteiger partial charge in [0.25, 0.3) is 0 Å². The molecule has 0 unspecified atom stereocenters. The van der Waals surface area contributed by atoms with Gasteiger partial charge in [-0.3, -0.25) is 4.79 Å². The van der Waals surface area contributed by atoms with Crippen molar-refractivity contribution >= 4 is 35.5 Å². The van der Waals surface area contributed by atoms with Crippen LogP contribution in [0.25, 0.3) is 12.2 Å². The van der Waals surface area contributed by atoms with Crippen molar-refractivity contribution in [3.63, 3.8) is 0 Å². The highest BCUT2D eigenvalue weighted by atomic mass is 16.1. The fraction of sp³-hybridized carbons (Fsp3) is 0. The largest absolute Gasteiger partial charge is 0.311 e. The highest BCUT2D eigenvalue weighted by Crippen LogP contribution is 2.34. The van der Waals surface area contributed by atoms with Crippen molar-refractivity contribution in [1.82, 2.24) is 0 Å². The second-order valence-electron chi connectivity index (χ2n) is 6.72. The van der Waals surface area contributed by atoms with Crippen molar-refractivity contribution in [2.75, 3.05) is 4.90 Å². The quantitative estimate of drug-likeness (QED) is 0.264. The number of rotatable bonds is 6. The Labute approximate surface area is 171 Å². The van der Waals surface area contributed by atoms with Gasteiger partial charge in [0.15, 0.2) is 0 Å². The Bertz CT molecular complexity index is 1080. The van der Waals surface area contributed by atoms with Crippen LogP contribution in [0.5, 0.6) is 0 Å². The summed E-state index contributed by atoms with van der Waals surface area (Å²) in [6.07, 6.45) is 5.09. The van der Waals surface area contributed by atoms with E-state index >= 15 is 0 Å². The van der Waals surface area contributed by atoms with Crippen LogP contribution in [0.1, 0.15) is 21.5 Å². The Morgan fingerprint density at radius 1 is 0.448 bits per heavy atom. The minimum atomic E-state index is 0.670. The molecule has 29 heavy (non-hydrogen) atoms. The van der Waals surface area contributed by atoms with Gasteiger partial charge in [-0.25, -0.2) is 0 Å². The van der Waals surface area contributed by atoms with Gasteiger partial charge in [0.05, 0.1) is 0 Å². The summed E-state index contributed by atoms with van der Waals surface area (Å²) < 4.78 is 0. The lowest BCUT2D eigenvalue weighted by Crippen LogP contribution is -2.09. The number of carbonyl (C=O) groups excluding carboxylic acids is 1. The van der Waals surface area contributed by atoms with Crippen molar-refractivity contribution in [3.8, 4) is 0 Å². The first-order valence-corrected chi connectivity index (χ1v) is 9.57. The molecule has 140 valence electrons. The maximum Gasteiger partial charge on any atom is 0.150 e. The molecule has 0 aliphatic carbocycles. The lowest BCUT2D eigenvalue weighted by atomic mass is 10.1. The molecule has 0 spiro atoms. The molecule has 0 atom stereocenters. The third kappa shape index (κ3) is 4.50. The third-order valence-corrected chi connectivity index (χ3v) is 4.72. The summed E-state index contributed by atoms with van der Waals surface area (Å²) in [6, 6.07) is 36.6. The second-order valence-corrected chi connectivity index (χ2v) is 6.72. The van der Waals surface area contributed by atoms with Crippen LogP contribution in [-0.2, 0) is 0 Å². The Morgan fingerprint density at radius 3 is 1.38 bits per heavy atom. The second kappa shape index (κ2) is 8.85. The Hall–Kier alpha value is -3.91. The monoisotopic (exact) mass is 375 g/mol. The molecule has 0 radical (unpaired) electrons. The third-order valence-electron chi connectivity index (χ3n) is 4.72. The summed E-state index contributed by atoms with van der Waals surface area (Å²) in [6.45, 7) is 0. The molecule has 0 N–H and O–H groups in total. The van der Waals surface area contributed by atoms with Crippen LogP contribution in [0.15, 0.2) is 109 Å². The van der Waals surface area contributed by atoms with Gasteiger partial charge in [0, 0.05) is 22.6 Å². The van der Waals surface area contributed by atoms with Gasteiger partial charge in [-0.15, -0.1) is 0 Å². The van der Waals surface area contributed by atoms with Crippen molar-refractivity contribution in [2.45, 2.75) is 0 Å². The van der Waals surface area contributed by atoms with Crippen LogP contribution in [0.4, 0.5) is 17.1 Å². The number of hydrogen-bond donors (Lipinski definition) is 0. The summed E-state index contributed by atoms with van der Waals surface area (Å²) in [5.41, 5.74) is 6.13. The normalized spacial score (nSPS) is 10.8. The highest BCUT2D eigenvalue weighted by Gasteiger charge is 2.11. The first-order valence-electron chi connectivity index (χ1n) is 9.57.